The summed E-state index contributed by atoms with van der Waals surface area (Å²) in [6, 6.07) is 10.4. The van der Waals surface area contributed by atoms with Crippen LogP contribution >= 0.6 is 11.8 Å². The number of thioether (sulfide) groups is 1. The van der Waals surface area contributed by atoms with Crippen molar-refractivity contribution >= 4 is 17.7 Å². The summed E-state index contributed by atoms with van der Waals surface area (Å²) >= 11 is 1.50. The minimum Gasteiger partial charge on any atom is -0.339 e. The van der Waals surface area contributed by atoms with E-state index in [0.29, 0.717) is 5.75 Å². The van der Waals surface area contributed by atoms with E-state index in [0.717, 1.165) is 43.6 Å². The van der Waals surface area contributed by atoms with Crippen LogP contribution in [0.2, 0.25) is 0 Å². The highest BCUT2D eigenvalue weighted by atomic mass is 32.2. The monoisotopic (exact) mass is 421 g/mol. The number of nitrogens with zero attached hydrogens (tertiary/aromatic N) is 5. The second kappa shape index (κ2) is 9.45. The first-order chi connectivity index (χ1) is 14.6. The molecule has 0 saturated carbocycles. The molecule has 1 amide bonds. The number of pyridine rings is 1. The average Bonchev–Trinajstić information content (AvgIpc) is 3.24. The smallest absolute Gasteiger partial charge is 0.233 e. The number of aromatic nitrogens is 3. The molecule has 1 fully saturated rings. The number of amides is 1. The van der Waals surface area contributed by atoms with Crippen molar-refractivity contribution in [1.29, 1.82) is 0 Å². The van der Waals surface area contributed by atoms with E-state index >= 15 is 0 Å². The Morgan fingerprint density at radius 3 is 2.63 bits per heavy atom. The lowest BCUT2D eigenvalue weighted by atomic mass is 10.1. The molecule has 6 nitrogen and oxygen atoms in total. The van der Waals surface area contributed by atoms with E-state index in [4.69, 9.17) is 0 Å². The number of carbonyl (C=O) groups excluding carboxylic acids is 1. The summed E-state index contributed by atoms with van der Waals surface area (Å²) in [6.45, 7) is 8.43. The van der Waals surface area contributed by atoms with Gasteiger partial charge in [0.05, 0.1) is 5.75 Å². The van der Waals surface area contributed by atoms with Gasteiger partial charge >= 0.3 is 0 Å². The molecule has 1 aliphatic heterocycles. The Morgan fingerprint density at radius 2 is 1.90 bits per heavy atom. The molecule has 7 heteroatoms. The van der Waals surface area contributed by atoms with E-state index in [1.54, 1.807) is 12.4 Å². The molecular weight excluding hydrogens is 394 g/mol. The third-order valence-corrected chi connectivity index (χ3v) is 6.51. The molecule has 0 radical (unpaired) electrons. The quantitative estimate of drug-likeness (QED) is 0.572. The first kappa shape index (κ1) is 20.6. The maximum absolute atomic E-state index is 12.7. The number of carbonyl (C=O) groups is 1. The Labute approximate surface area is 181 Å². The Morgan fingerprint density at radius 1 is 1.07 bits per heavy atom. The van der Waals surface area contributed by atoms with Crippen molar-refractivity contribution in [2.45, 2.75) is 25.5 Å². The molecule has 3 aromatic rings. The van der Waals surface area contributed by atoms with Gasteiger partial charge in [-0.05, 0) is 48.7 Å². The highest BCUT2D eigenvalue weighted by Gasteiger charge is 2.21. The van der Waals surface area contributed by atoms with Crippen molar-refractivity contribution in [3.63, 3.8) is 0 Å². The van der Waals surface area contributed by atoms with Crippen LogP contribution in [-0.4, -0.2) is 62.2 Å². The zero-order valence-corrected chi connectivity index (χ0v) is 18.3. The predicted molar refractivity (Wildman–Crippen MR) is 120 cm³/mol. The molecule has 1 saturated heterocycles. The molecule has 3 heterocycles. The van der Waals surface area contributed by atoms with Crippen LogP contribution in [0.15, 0.2) is 60.3 Å². The summed E-state index contributed by atoms with van der Waals surface area (Å²) in [5.41, 5.74) is 4.81. The van der Waals surface area contributed by atoms with Gasteiger partial charge in [0.2, 0.25) is 5.91 Å². The van der Waals surface area contributed by atoms with E-state index in [-0.39, 0.29) is 5.91 Å². The lowest BCUT2D eigenvalue weighted by Crippen LogP contribution is -2.48. The fourth-order valence-corrected chi connectivity index (χ4v) is 4.47. The number of rotatable bonds is 6. The molecular formula is C23H27N5OS. The van der Waals surface area contributed by atoms with Gasteiger partial charge < -0.3 is 4.90 Å². The van der Waals surface area contributed by atoms with Gasteiger partial charge in [0.1, 0.15) is 0 Å². The van der Waals surface area contributed by atoms with Crippen LogP contribution in [0.4, 0.5) is 0 Å². The minimum absolute atomic E-state index is 0.177. The summed E-state index contributed by atoms with van der Waals surface area (Å²) in [5, 5.41) is 0.849. The van der Waals surface area contributed by atoms with Crippen LogP contribution in [0.1, 0.15) is 16.7 Å². The predicted octanol–water partition coefficient (Wildman–Crippen LogP) is 3.32. The van der Waals surface area contributed by atoms with Crippen LogP contribution in [-0.2, 0) is 11.3 Å². The van der Waals surface area contributed by atoms with Crippen molar-refractivity contribution in [1.82, 2.24) is 24.3 Å². The molecule has 0 bridgehead atoms. The topological polar surface area (TPSA) is 54.3 Å². The highest BCUT2D eigenvalue weighted by molar-refractivity contribution is 7.99. The van der Waals surface area contributed by atoms with Gasteiger partial charge in [-0.3, -0.25) is 19.2 Å². The fourth-order valence-electron chi connectivity index (χ4n) is 3.59. The standard InChI is InChI=1S/C23H27N5OS/c1-18-5-6-21(14-19(18)2)28-9-8-25-23(28)30-17-22(29)27-12-10-26(11-13-27)16-20-4-3-7-24-15-20/h3-9,14-15H,10-13,16-17H2,1-2H3. The molecule has 2 aromatic heterocycles. The van der Waals surface area contributed by atoms with Gasteiger partial charge in [0.25, 0.3) is 0 Å². The fraction of sp³-hybridized carbons (Fsp3) is 0.348. The van der Waals surface area contributed by atoms with E-state index in [1.165, 1.54) is 28.5 Å². The Balaban J connectivity index is 1.30. The summed E-state index contributed by atoms with van der Waals surface area (Å²) < 4.78 is 2.05. The molecule has 0 spiro atoms. The van der Waals surface area contributed by atoms with Gasteiger partial charge in [0.15, 0.2) is 5.16 Å². The molecule has 4 rings (SSSR count). The van der Waals surface area contributed by atoms with Crippen LogP contribution < -0.4 is 0 Å². The molecule has 0 aliphatic carbocycles. The van der Waals surface area contributed by atoms with Crippen LogP contribution in [0.5, 0.6) is 0 Å². The van der Waals surface area contributed by atoms with Gasteiger partial charge in [-0.1, -0.05) is 23.9 Å². The number of piperazine rings is 1. The van der Waals surface area contributed by atoms with Gasteiger partial charge in [-0.25, -0.2) is 4.98 Å². The molecule has 30 heavy (non-hydrogen) atoms. The first-order valence-corrected chi connectivity index (χ1v) is 11.2. The second-order valence-electron chi connectivity index (χ2n) is 7.66. The SMILES string of the molecule is Cc1ccc(-n2ccnc2SCC(=O)N2CCN(Cc3cccnc3)CC2)cc1C. The number of imidazole rings is 1. The Hall–Kier alpha value is -2.64. The Kier molecular flexibility index (Phi) is 6.50. The molecule has 1 aliphatic rings. The second-order valence-corrected chi connectivity index (χ2v) is 8.60. The molecule has 0 N–H and O–H groups in total. The maximum Gasteiger partial charge on any atom is 0.233 e. The molecule has 1 aromatic carbocycles. The lowest BCUT2D eigenvalue weighted by Gasteiger charge is -2.34. The summed E-state index contributed by atoms with van der Waals surface area (Å²) in [4.78, 5) is 25.7. The minimum atomic E-state index is 0.177. The van der Waals surface area contributed by atoms with Gasteiger partial charge in [-0.15, -0.1) is 0 Å². The van der Waals surface area contributed by atoms with E-state index in [2.05, 4.69) is 57.5 Å². The third kappa shape index (κ3) is 4.91. The van der Waals surface area contributed by atoms with Crippen molar-refractivity contribution < 1.29 is 4.79 Å². The first-order valence-electron chi connectivity index (χ1n) is 10.2. The molecule has 0 unspecified atom stereocenters. The summed E-state index contributed by atoms with van der Waals surface area (Å²) in [5.74, 6) is 0.584. The van der Waals surface area contributed by atoms with E-state index in [1.807, 2.05) is 23.4 Å². The van der Waals surface area contributed by atoms with Crippen LogP contribution in [0.3, 0.4) is 0 Å². The summed E-state index contributed by atoms with van der Waals surface area (Å²) in [7, 11) is 0. The Bertz CT molecular complexity index is 996. The summed E-state index contributed by atoms with van der Waals surface area (Å²) in [6.07, 6.45) is 7.45. The molecule has 156 valence electrons. The average molecular weight is 422 g/mol. The number of hydrogen-bond donors (Lipinski definition) is 0. The van der Waals surface area contributed by atoms with Crippen LogP contribution in [0, 0.1) is 13.8 Å². The van der Waals surface area contributed by atoms with E-state index < -0.39 is 0 Å². The normalized spacial score (nSPS) is 14.8. The number of hydrogen-bond acceptors (Lipinski definition) is 5. The van der Waals surface area contributed by atoms with Gasteiger partial charge in [-0.2, -0.15) is 0 Å². The largest absolute Gasteiger partial charge is 0.339 e. The zero-order chi connectivity index (χ0) is 20.9. The lowest BCUT2D eigenvalue weighted by molar-refractivity contribution is -0.130. The van der Waals surface area contributed by atoms with Crippen molar-refractivity contribution in [3.8, 4) is 5.69 Å². The van der Waals surface area contributed by atoms with Crippen molar-refractivity contribution in [3.05, 3.63) is 71.8 Å². The highest BCUT2D eigenvalue weighted by Crippen LogP contribution is 2.22. The third-order valence-electron chi connectivity index (χ3n) is 5.55. The van der Waals surface area contributed by atoms with Crippen LogP contribution in [0.25, 0.3) is 5.69 Å². The van der Waals surface area contributed by atoms with Gasteiger partial charge in [0, 0.05) is 63.2 Å². The van der Waals surface area contributed by atoms with Crippen molar-refractivity contribution in [2.24, 2.45) is 0 Å². The van der Waals surface area contributed by atoms with Crippen molar-refractivity contribution in [2.75, 3.05) is 31.9 Å². The molecule has 0 atom stereocenters. The maximum atomic E-state index is 12.7. The zero-order valence-electron chi connectivity index (χ0n) is 17.5. The number of benzene rings is 1. The number of aryl methyl sites for hydroxylation is 2. The van der Waals surface area contributed by atoms with E-state index in [9.17, 15) is 4.79 Å².